The second kappa shape index (κ2) is 5.55. The van der Waals surface area contributed by atoms with E-state index in [1.165, 1.54) is 18.6 Å². The van der Waals surface area contributed by atoms with Crippen molar-refractivity contribution in [1.82, 2.24) is 0 Å². The molecule has 104 valence electrons. The molecule has 0 amide bonds. The van der Waals surface area contributed by atoms with Gasteiger partial charge < -0.3 is 5.32 Å². The lowest BCUT2D eigenvalue weighted by atomic mass is 9.80. The van der Waals surface area contributed by atoms with E-state index >= 15 is 0 Å². The molecule has 2 rings (SSSR count). The predicted octanol–water partition coefficient (Wildman–Crippen LogP) is 3.97. The molecular formula is C14H19FN2O2. The lowest BCUT2D eigenvalue weighted by Crippen LogP contribution is -2.30. The lowest BCUT2D eigenvalue weighted by molar-refractivity contribution is -0.385. The SMILES string of the molecule is CC1CC(C)CC(Nc2cc(F)cc([N+](=O)[O-])c2)C1. The van der Waals surface area contributed by atoms with Crippen LogP contribution in [0, 0.1) is 27.8 Å². The normalized spacial score (nSPS) is 27.0. The standard InChI is InChI=1S/C14H19FN2O2/c1-9-3-10(2)5-12(4-9)16-13-6-11(15)7-14(8-13)17(18)19/h6-10,12,16H,3-5H2,1-2H3. The van der Waals surface area contributed by atoms with Gasteiger partial charge in [0.05, 0.1) is 11.0 Å². The molecule has 19 heavy (non-hydrogen) atoms. The Kier molecular flexibility index (Phi) is 4.02. The summed E-state index contributed by atoms with van der Waals surface area (Å²) in [5.41, 5.74) is 0.289. The van der Waals surface area contributed by atoms with Crippen molar-refractivity contribution in [2.24, 2.45) is 11.8 Å². The number of rotatable bonds is 3. The average molecular weight is 266 g/mol. The van der Waals surface area contributed by atoms with Crippen LogP contribution in [0.4, 0.5) is 15.8 Å². The summed E-state index contributed by atoms with van der Waals surface area (Å²) >= 11 is 0. The van der Waals surface area contributed by atoms with Crippen molar-refractivity contribution >= 4 is 11.4 Å². The van der Waals surface area contributed by atoms with E-state index in [1.54, 1.807) is 0 Å². The van der Waals surface area contributed by atoms with Gasteiger partial charge in [-0.2, -0.15) is 0 Å². The van der Waals surface area contributed by atoms with Gasteiger partial charge in [-0.3, -0.25) is 10.1 Å². The molecule has 1 aromatic rings. The molecule has 1 aliphatic carbocycles. The fourth-order valence-corrected chi connectivity index (χ4v) is 3.06. The Balaban J connectivity index is 2.12. The van der Waals surface area contributed by atoms with E-state index in [0.29, 0.717) is 17.5 Å². The Morgan fingerprint density at radius 3 is 2.42 bits per heavy atom. The highest BCUT2D eigenvalue weighted by Gasteiger charge is 2.24. The number of nitrogens with zero attached hydrogens (tertiary/aromatic N) is 1. The highest BCUT2D eigenvalue weighted by atomic mass is 19.1. The number of nitrogens with one attached hydrogen (secondary N) is 1. The zero-order valence-electron chi connectivity index (χ0n) is 11.2. The van der Waals surface area contributed by atoms with Crippen LogP contribution < -0.4 is 5.32 Å². The van der Waals surface area contributed by atoms with Gasteiger partial charge in [0, 0.05) is 17.8 Å². The first-order valence-corrected chi connectivity index (χ1v) is 6.65. The van der Waals surface area contributed by atoms with Gasteiger partial charge in [0.25, 0.3) is 5.69 Å². The van der Waals surface area contributed by atoms with Crippen LogP contribution in [0.25, 0.3) is 0 Å². The third kappa shape index (κ3) is 3.66. The van der Waals surface area contributed by atoms with Gasteiger partial charge in [0.2, 0.25) is 0 Å². The van der Waals surface area contributed by atoms with Gasteiger partial charge in [-0.15, -0.1) is 0 Å². The third-order valence-corrected chi connectivity index (χ3v) is 3.64. The lowest BCUT2D eigenvalue weighted by Gasteiger charge is -2.32. The highest BCUT2D eigenvalue weighted by molar-refractivity contribution is 5.52. The Morgan fingerprint density at radius 1 is 1.21 bits per heavy atom. The molecule has 0 aliphatic heterocycles. The summed E-state index contributed by atoms with van der Waals surface area (Å²) in [5.74, 6) is 0.684. The summed E-state index contributed by atoms with van der Waals surface area (Å²) in [4.78, 5) is 10.1. The van der Waals surface area contributed by atoms with Crippen molar-refractivity contribution in [3.63, 3.8) is 0 Å². The van der Waals surface area contributed by atoms with E-state index in [2.05, 4.69) is 19.2 Å². The smallest absolute Gasteiger partial charge is 0.274 e. The van der Waals surface area contributed by atoms with Crippen molar-refractivity contribution in [1.29, 1.82) is 0 Å². The first-order chi connectivity index (χ1) is 8.94. The zero-order valence-corrected chi connectivity index (χ0v) is 11.2. The predicted molar refractivity (Wildman–Crippen MR) is 72.6 cm³/mol. The minimum Gasteiger partial charge on any atom is -0.382 e. The van der Waals surface area contributed by atoms with Gasteiger partial charge in [-0.25, -0.2) is 4.39 Å². The molecule has 0 saturated heterocycles. The van der Waals surface area contributed by atoms with Crippen molar-refractivity contribution in [2.45, 2.75) is 39.2 Å². The summed E-state index contributed by atoms with van der Waals surface area (Å²) in [5, 5.41) is 13.9. The number of non-ortho nitro benzene ring substituents is 1. The molecular weight excluding hydrogens is 247 g/mol. The fraction of sp³-hybridized carbons (Fsp3) is 0.571. The summed E-state index contributed by atoms with van der Waals surface area (Å²) in [7, 11) is 0. The minimum atomic E-state index is -0.575. The van der Waals surface area contributed by atoms with Gasteiger partial charge in [0.1, 0.15) is 5.82 Å². The van der Waals surface area contributed by atoms with Crippen LogP contribution in [-0.2, 0) is 0 Å². The maximum absolute atomic E-state index is 13.4. The first-order valence-electron chi connectivity index (χ1n) is 6.65. The maximum Gasteiger partial charge on any atom is 0.274 e. The molecule has 1 fully saturated rings. The molecule has 0 spiro atoms. The number of hydrogen-bond donors (Lipinski definition) is 1. The maximum atomic E-state index is 13.4. The van der Waals surface area contributed by atoms with Crippen molar-refractivity contribution < 1.29 is 9.31 Å². The first kappa shape index (κ1) is 13.8. The summed E-state index contributed by atoms with van der Waals surface area (Å²) in [6, 6.07) is 3.92. The minimum absolute atomic E-state index is 0.209. The third-order valence-electron chi connectivity index (χ3n) is 3.64. The Labute approximate surface area is 112 Å². The van der Waals surface area contributed by atoms with E-state index in [-0.39, 0.29) is 11.7 Å². The van der Waals surface area contributed by atoms with Crippen molar-refractivity contribution in [3.8, 4) is 0 Å². The molecule has 0 bridgehead atoms. The van der Waals surface area contributed by atoms with E-state index in [4.69, 9.17) is 0 Å². The second-order valence-corrected chi connectivity index (χ2v) is 5.71. The van der Waals surface area contributed by atoms with Gasteiger partial charge in [-0.1, -0.05) is 13.8 Å². The van der Waals surface area contributed by atoms with E-state index in [0.717, 1.165) is 18.9 Å². The van der Waals surface area contributed by atoms with Crippen LogP contribution in [0.3, 0.4) is 0 Å². The molecule has 4 nitrogen and oxygen atoms in total. The Hall–Kier alpha value is -1.65. The topological polar surface area (TPSA) is 55.2 Å². The largest absolute Gasteiger partial charge is 0.382 e. The van der Waals surface area contributed by atoms with Gasteiger partial charge in [0.15, 0.2) is 0 Å². The molecule has 5 heteroatoms. The average Bonchev–Trinajstić information content (AvgIpc) is 2.26. The van der Waals surface area contributed by atoms with Crippen LogP contribution in [0.2, 0.25) is 0 Å². The van der Waals surface area contributed by atoms with Gasteiger partial charge >= 0.3 is 0 Å². The monoisotopic (exact) mass is 266 g/mol. The number of anilines is 1. The molecule has 0 aromatic heterocycles. The Morgan fingerprint density at radius 2 is 1.84 bits per heavy atom. The van der Waals surface area contributed by atoms with E-state index < -0.39 is 10.7 Å². The number of nitro benzene ring substituents is 1. The molecule has 1 aromatic carbocycles. The van der Waals surface area contributed by atoms with E-state index in [9.17, 15) is 14.5 Å². The summed E-state index contributed by atoms with van der Waals surface area (Å²) < 4.78 is 13.4. The van der Waals surface area contributed by atoms with Gasteiger partial charge in [-0.05, 0) is 37.2 Å². The molecule has 0 radical (unpaired) electrons. The van der Waals surface area contributed by atoms with Crippen molar-refractivity contribution in [3.05, 3.63) is 34.1 Å². The highest BCUT2D eigenvalue weighted by Crippen LogP contribution is 2.31. The van der Waals surface area contributed by atoms with Crippen LogP contribution in [0.1, 0.15) is 33.1 Å². The number of hydrogen-bond acceptors (Lipinski definition) is 3. The number of benzene rings is 1. The van der Waals surface area contributed by atoms with Crippen LogP contribution >= 0.6 is 0 Å². The van der Waals surface area contributed by atoms with E-state index in [1.807, 2.05) is 0 Å². The molecule has 2 atom stereocenters. The molecule has 1 aliphatic rings. The molecule has 2 unspecified atom stereocenters. The van der Waals surface area contributed by atoms with Crippen LogP contribution in [0.15, 0.2) is 18.2 Å². The summed E-state index contributed by atoms with van der Waals surface area (Å²) in [6.07, 6.45) is 3.25. The number of halogens is 1. The van der Waals surface area contributed by atoms with Crippen LogP contribution in [-0.4, -0.2) is 11.0 Å². The molecule has 0 heterocycles. The van der Waals surface area contributed by atoms with Crippen LogP contribution in [0.5, 0.6) is 0 Å². The molecule has 1 saturated carbocycles. The number of nitro groups is 1. The van der Waals surface area contributed by atoms with Crippen molar-refractivity contribution in [2.75, 3.05) is 5.32 Å². The zero-order chi connectivity index (χ0) is 14.0. The molecule has 1 N–H and O–H groups in total. The summed E-state index contributed by atoms with van der Waals surface area (Å²) in [6.45, 7) is 4.41. The second-order valence-electron chi connectivity index (χ2n) is 5.71. The fourth-order valence-electron chi connectivity index (χ4n) is 3.06. The Bertz CT molecular complexity index is 469. The quantitative estimate of drug-likeness (QED) is 0.665.